The molecule has 1 aromatic carbocycles. The number of nitrogens with zero attached hydrogens (tertiary/aromatic N) is 3. The van der Waals surface area contributed by atoms with Crippen LogP contribution >= 0.6 is 15.9 Å². The molecule has 0 spiro atoms. The van der Waals surface area contributed by atoms with Gasteiger partial charge in [0.15, 0.2) is 0 Å². The number of hydrogen-bond acceptors (Lipinski definition) is 4. The molecular formula is C23H25BrN4O2. The molecule has 1 amide bonds. The number of H-pyrrole nitrogens is 1. The molecule has 1 aliphatic heterocycles. The Morgan fingerprint density at radius 2 is 1.77 bits per heavy atom. The van der Waals surface area contributed by atoms with E-state index in [0.717, 1.165) is 45.7 Å². The maximum absolute atomic E-state index is 12.6. The summed E-state index contributed by atoms with van der Waals surface area (Å²) in [6.45, 7) is 6.34. The first-order valence-electron chi connectivity index (χ1n) is 10.1. The standard InChI is InChI=1S/C23H25BrN4O2/c1-23(2,3)30-22(29)28-12-4-5-19(28)21-26-14-18(27-21)16-8-6-15(7-9-16)17-10-11-20(24)25-13-17/h6-11,13-14,19H,4-5,12H2,1-3H3,(H,26,27)/t19-/m0/s1. The molecule has 0 aliphatic carbocycles. The number of hydrogen-bond donors (Lipinski definition) is 1. The molecular weight excluding hydrogens is 444 g/mol. The zero-order chi connectivity index (χ0) is 21.3. The maximum atomic E-state index is 12.6. The minimum Gasteiger partial charge on any atom is -0.444 e. The van der Waals surface area contributed by atoms with Gasteiger partial charge in [-0.3, -0.25) is 4.90 Å². The molecule has 3 heterocycles. The lowest BCUT2D eigenvalue weighted by molar-refractivity contribution is 0.0219. The van der Waals surface area contributed by atoms with Crippen LogP contribution in [0.1, 0.15) is 45.5 Å². The Labute approximate surface area is 184 Å². The van der Waals surface area contributed by atoms with Gasteiger partial charge in [-0.1, -0.05) is 30.3 Å². The van der Waals surface area contributed by atoms with E-state index in [1.54, 1.807) is 4.90 Å². The molecule has 0 bridgehead atoms. The molecule has 6 nitrogen and oxygen atoms in total. The number of aromatic nitrogens is 3. The number of rotatable bonds is 3. The van der Waals surface area contributed by atoms with Crippen molar-refractivity contribution < 1.29 is 9.53 Å². The molecule has 2 aromatic heterocycles. The van der Waals surface area contributed by atoms with Crippen LogP contribution in [0.4, 0.5) is 4.79 Å². The molecule has 1 atom stereocenters. The molecule has 0 unspecified atom stereocenters. The number of likely N-dealkylation sites (tertiary alicyclic amines) is 1. The number of nitrogens with one attached hydrogen (secondary N) is 1. The second kappa shape index (κ2) is 8.22. The normalized spacial score (nSPS) is 16.7. The summed E-state index contributed by atoms with van der Waals surface area (Å²) in [4.78, 5) is 26.6. The highest BCUT2D eigenvalue weighted by Gasteiger charge is 2.34. The predicted molar refractivity (Wildman–Crippen MR) is 120 cm³/mol. The van der Waals surface area contributed by atoms with Gasteiger partial charge in [0, 0.05) is 18.3 Å². The van der Waals surface area contributed by atoms with Gasteiger partial charge >= 0.3 is 6.09 Å². The summed E-state index contributed by atoms with van der Waals surface area (Å²) in [6.07, 6.45) is 5.21. The SMILES string of the molecule is CC(C)(C)OC(=O)N1CCC[C@H]1c1ncc(-c2ccc(-c3ccc(Br)nc3)cc2)[nH]1. The Balaban J connectivity index is 1.51. The van der Waals surface area contributed by atoms with E-state index in [2.05, 4.69) is 55.1 Å². The third-order valence-electron chi connectivity index (χ3n) is 5.05. The number of halogens is 1. The van der Waals surface area contributed by atoms with Gasteiger partial charge in [0.2, 0.25) is 0 Å². The van der Waals surface area contributed by atoms with Gasteiger partial charge < -0.3 is 9.72 Å². The van der Waals surface area contributed by atoms with E-state index in [9.17, 15) is 4.79 Å². The van der Waals surface area contributed by atoms with E-state index in [0.29, 0.717) is 6.54 Å². The van der Waals surface area contributed by atoms with E-state index < -0.39 is 5.60 Å². The molecule has 1 fully saturated rings. The molecule has 156 valence electrons. The van der Waals surface area contributed by atoms with Crippen molar-refractivity contribution in [2.75, 3.05) is 6.54 Å². The molecule has 4 rings (SSSR count). The Morgan fingerprint density at radius 1 is 1.07 bits per heavy atom. The van der Waals surface area contributed by atoms with Gasteiger partial charge in [-0.05, 0) is 66.7 Å². The smallest absolute Gasteiger partial charge is 0.410 e. The number of imidazole rings is 1. The molecule has 0 saturated carbocycles. The van der Waals surface area contributed by atoms with Crippen molar-refractivity contribution in [2.24, 2.45) is 0 Å². The monoisotopic (exact) mass is 468 g/mol. The molecule has 3 aromatic rings. The van der Waals surface area contributed by atoms with Crippen LogP contribution in [0.15, 0.2) is 53.4 Å². The third kappa shape index (κ3) is 4.56. The predicted octanol–water partition coefficient (Wildman–Crippen LogP) is 5.97. The van der Waals surface area contributed by atoms with Crippen LogP contribution in [-0.2, 0) is 4.74 Å². The number of carbonyl (C=O) groups is 1. The van der Waals surface area contributed by atoms with Crippen molar-refractivity contribution in [1.29, 1.82) is 0 Å². The zero-order valence-corrected chi connectivity index (χ0v) is 18.9. The second-order valence-corrected chi connectivity index (χ2v) is 9.27. The molecule has 1 aliphatic rings. The molecule has 30 heavy (non-hydrogen) atoms. The van der Waals surface area contributed by atoms with Crippen molar-refractivity contribution in [3.8, 4) is 22.4 Å². The minimum atomic E-state index is -0.509. The maximum Gasteiger partial charge on any atom is 0.410 e. The first kappa shape index (κ1) is 20.6. The van der Waals surface area contributed by atoms with Gasteiger partial charge in [0.05, 0.1) is 17.9 Å². The summed E-state index contributed by atoms with van der Waals surface area (Å²) >= 11 is 3.36. The van der Waals surface area contributed by atoms with Crippen molar-refractivity contribution >= 4 is 22.0 Å². The van der Waals surface area contributed by atoms with Crippen LogP contribution < -0.4 is 0 Å². The average Bonchev–Trinajstić information content (AvgIpc) is 3.37. The van der Waals surface area contributed by atoms with Crippen LogP contribution in [0.2, 0.25) is 0 Å². The lowest BCUT2D eigenvalue weighted by Gasteiger charge is -2.27. The van der Waals surface area contributed by atoms with Gasteiger partial charge in [-0.25, -0.2) is 14.8 Å². The Morgan fingerprint density at radius 3 is 2.43 bits per heavy atom. The molecule has 1 N–H and O–H groups in total. The third-order valence-corrected chi connectivity index (χ3v) is 5.52. The summed E-state index contributed by atoms with van der Waals surface area (Å²) < 4.78 is 6.38. The van der Waals surface area contributed by atoms with Gasteiger partial charge in [-0.15, -0.1) is 0 Å². The summed E-state index contributed by atoms with van der Waals surface area (Å²) in [5, 5.41) is 0. The fraction of sp³-hybridized carbons (Fsp3) is 0.348. The highest BCUT2D eigenvalue weighted by molar-refractivity contribution is 9.10. The van der Waals surface area contributed by atoms with Crippen LogP contribution in [0.5, 0.6) is 0 Å². The number of benzene rings is 1. The first-order chi connectivity index (χ1) is 14.3. The topological polar surface area (TPSA) is 71.1 Å². The Bertz CT molecular complexity index is 1020. The van der Waals surface area contributed by atoms with E-state index >= 15 is 0 Å². The lowest BCUT2D eigenvalue weighted by Crippen LogP contribution is -2.36. The van der Waals surface area contributed by atoms with E-state index in [1.165, 1.54) is 0 Å². The molecule has 1 saturated heterocycles. The molecule has 7 heteroatoms. The minimum absolute atomic E-state index is 0.0817. The summed E-state index contributed by atoms with van der Waals surface area (Å²) in [5.74, 6) is 0.801. The highest BCUT2D eigenvalue weighted by atomic mass is 79.9. The van der Waals surface area contributed by atoms with Crippen LogP contribution in [-0.4, -0.2) is 38.1 Å². The van der Waals surface area contributed by atoms with E-state index in [4.69, 9.17) is 4.74 Å². The van der Waals surface area contributed by atoms with Gasteiger partial charge in [0.1, 0.15) is 16.0 Å². The van der Waals surface area contributed by atoms with Crippen molar-refractivity contribution in [1.82, 2.24) is 19.9 Å². The fourth-order valence-electron chi connectivity index (χ4n) is 3.63. The van der Waals surface area contributed by atoms with E-state index in [-0.39, 0.29) is 12.1 Å². The van der Waals surface area contributed by atoms with Crippen molar-refractivity contribution in [2.45, 2.75) is 45.3 Å². The number of carbonyl (C=O) groups excluding carboxylic acids is 1. The van der Waals surface area contributed by atoms with Gasteiger partial charge in [0.25, 0.3) is 0 Å². The Kier molecular flexibility index (Phi) is 5.64. The van der Waals surface area contributed by atoms with Gasteiger partial charge in [-0.2, -0.15) is 0 Å². The Hall–Kier alpha value is -2.67. The van der Waals surface area contributed by atoms with Crippen LogP contribution in [0, 0.1) is 0 Å². The lowest BCUT2D eigenvalue weighted by atomic mass is 10.0. The number of pyridine rings is 1. The van der Waals surface area contributed by atoms with Crippen molar-refractivity contribution in [3.05, 3.63) is 59.2 Å². The van der Waals surface area contributed by atoms with E-state index in [1.807, 2.05) is 45.3 Å². The largest absolute Gasteiger partial charge is 0.444 e. The summed E-state index contributed by atoms with van der Waals surface area (Å²) in [7, 11) is 0. The quantitative estimate of drug-likeness (QED) is 0.480. The highest BCUT2D eigenvalue weighted by Crippen LogP contribution is 2.33. The van der Waals surface area contributed by atoms with Crippen molar-refractivity contribution in [3.63, 3.8) is 0 Å². The number of amides is 1. The average molecular weight is 469 g/mol. The number of aromatic amines is 1. The zero-order valence-electron chi connectivity index (χ0n) is 17.4. The van der Waals surface area contributed by atoms with Crippen LogP contribution in [0.3, 0.4) is 0 Å². The fourth-order valence-corrected chi connectivity index (χ4v) is 3.87. The summed E-state index contributed by atoms with van der Waals surface area (Å²) in [6, 6.07) is 12.2. The number of ether oxygens (including phenoxy) is 1. The van der Waals surface area contributed by atoms with Crippen LogP contribution in [0.25, 0.3) is 22.4 Å². The second-order valence-electron chi connectivity index (χ2n) is 8.46. The first-order valence-corrected chi connectivity index (χ1v) is 10.9. The summed E-state index contributed by atoms with van der Waals surface area (Å²) in [5.41, 5.74) is 3.63. The molecule has 0 radical (unpaired) electrons.